The molecule has 0 bridgehead atoms. The molecule has 3 rings (SSSR count). The molecule has 4 nitrogen and oxygen atoms in total. The number of rotatable bonds is 3. The summed E-state index contributed by atoms with van der Waals surface area (Å²) < 4.78 is 19.5. The van der Waals surface area contributed by atoms with Gasteiger partial charge in [-0.1, -0.05) is 12.1 Å². The number of phenolic OH excluding ortho intramolecular Hbond substituents is 1. The molecule has 5 heteroatoms. The highest BCUT2D eigenvalue weighted by Crippen LogP contribution is 2.25. The Kier molecular flexibility index (Phi) is 4.34. The van der Waals surface area contributed by atoms with Gasteiger partial charge >= 0.3 is 0 Å². The molecule has 1 aliphatic rings. The van der Waals surface area contributed by atoms with Crippen LogP contribution in [-0.2, 0) is 4.74 Å². The minimum atomic E-state index is -0.285. The molecular weight excluding hydrogens is 283 g/mol. The zero-order valence-corrected chi connectivity index (χ0v) is 12.1. The predicted molar refractivity (Wildman–Crippen MR) is 84.8 cm³/mol. The minimum Gasteiger partial charge on any atom is -0.508 e. The number of phenols is 1. The molecule has 22 heavy (non-hydrogen) atoms. The molecule has 0 atom stereocenters. The summed E-state index contributed by atoms with van der Waals surface area (Å²) in [6.07, 6.45) is 1.60. The molecule has 1 aliphatic heterocycles. The average molecular weight is 300 g/mol. The van der Waals surface area contributed by atoms with Crippen LogP contribution >= 0.6 is 0 Å². The SMILES string of the molecule is Oc1cccc(C=Nc2ccc(N3CCOCC3)c(F)c2)c1. The molecular formula is C17H17FN2O2. The Morgan fingerprint density at radius 1 is 1.14 bits per heavy atom. The maximum absolute atomic E-state index is 14.2. The van der Waals surface area contributed by atoms with Crippen LogP contribution in [0.4, 0.5) is 15.8 Å². The highest BCUT2D eigenvalue weighted by Gasteiger charge is 2.15. The molecule has 0 aliphatic carbocycles. The highest BCUT2D eigenvalue weighted by molar-refractivity contribution is 5.82. The van der Waals surface area contributed by atoms with E-state index in [1.54, 1.807) is 36.5 Å². The fourth-order valence-corrected chi connectivity index (χ4v) is 2.39. The van der Waals surface area contributed by atoms with Crippen LogP contribution in [0, 0.1) is 5.82 Å². The van der Waals surface area contributed by atoms with E-state index in [0.717, 1.165) is 5.56 Å². The lowest BCUT2D eigenvalue weighted by Gasteiger charge is -2.29. The number of halogens is 1. The van der Waals surface area contributed by atoms with Crippen molar-refractivity contribution < 1.29 is 14.2 Å². The molecule has 0 radical (unpaired) electrons. The normalized spacial score (nSPS) is 15.4. The number of morpholine rings is 1. The van der Waals surface area contributed by atoms with Gasteiger partial charge in [-0.15, -0.1) is 0 Å². The molecule has 1 N–H and O–H groups in total. The van der Waals surface area contributed by atoms with Gasteiger partial charge in [-0.3, -0.25) is 4.99 Å². The Hall–Kier alpha value is -2.40. The second-order valence-corrected chi connectivity index (χ2v) is 5.09. The number of nitrogens with zero attached hydrogens (tertiary/aromatic N) is 2. The van der Waals surface area contributed by atoms with Crippen LogP contribution in [0.2, 0.25) is 0 Å². The predicted octanol–water partition coefficient (Wildman–Crippen LogP) is 3.12. The van der Waals surface area contributed by atoms with Crippen LogP contribution in [0.3, 0.4) is 0 Å². The first-order valence-corrected chi connectivity index (χ1v) is 7.18. The first kappa shape index (κ1) is 14.5. The van der Waals surface area contributed by atoms with E-state index in [0.29, 0.717) is 37.7 Å². The number of benzene rings is 2. The molecule has 0 saturated carbocycles. The molecule has 1 saturated heterocycles. The third kappa shape index (κ3) is 3.43. The van der Waals surface area contributed by atoms with Gasteiger partial charge in [0, 0.05) is 25.4 Å². The van der Waals surface area contributed by atoms with Gasteiger partial charge in [-0.05, 0) is 29.8 Å². The van der Waals surface area contributed by atoms with Gasteiger partial charge in [-0.25, -0.2) is 4.39 Å². The van der Waals surface area contributed by atoms with E-state index in [1.807, 2.05) is 11.0 Å². The van der Waals surface area contributed by atoms with Crippen molar-refractivity contribution in [2.75, 3.05) is 31.2 Å². The topological polar surface area (TPSA) is 45.1 Å². The summed E-state index contributed by atoms with van der Waals surface area (Å²) in [5, 5.41) is 9.40. The molecule has 1 fully saturated rings. The van der Waals surface area contributed by atoms with Crippen LogP contribution in [-0.4, -0.2) is 37.6 Å². The van der Waals surface area contributed by atoms with E-state index in [-0.39, 0.29) is 11.6 Å². The van der Waals surface area contributed by atoms with Gasteiger partial charge in [0.05, 0.1) is 24.6 Å². The van der Waals surface area contributed by atoms with Gasteiger partial charge in [0.1, 0.15) is 11.6 Å². The lowest BCUT2D eigenvalue weighted by Crippen LogP contribution is -2.36. The van der Waals surface area contributed by atoms with Crippen molar-refractivity contribution in [1.82, 2.24) is 0 Å². The van der Waals surface area contributed by atoms with Crippen molar-refractivity contribution in [3.05, 3.63) is 53.8 Å². The van der Waals surface area contributed by atoms with Gasteiger partial charge in [0.15, 0.2) is 0 Å². The number of ether oxygens (including phenoxy) is 1. The molecule has 0 aromatic heterocycles. The Morgan fingerprint density at radius 2 is 1.95 bits per heavy atom. The monoisotopic (exact) mass is 300 g/mol. The van der Waals surface area contributed by atoms with Crippen molar-refractivity contribution in [2.24, 2.45) is 4.99 Å². The van der Waals surface area contributed by atoms with Crippen molar-refractivity contribution in [1.29, 1.82) is 0 Å². The highest BCUT2D eigenvalue weighted by atomic mass is 19.1. The summed E-state index contributed by atoms with van der Waals surface area (Å²) in [5.41, 5.74) is 1.88. The fourth-order valence-electron chi connectivity index (χ4n) is 2.39. The maximum Gasteiger partial charge on any atom is 0.148 e. The molecule has 114 valence electrons. The summed E-state index contributed by atoms with van der Waals surface area (Å²) in [6, 6.07) is 11.7. The molecule has 2 aromatic carbocycles. The van der Waals surface area contributed by atoms with E-state index in [2.05, 4.69) is 4.99 Å². The van der Waals surface area contributed by atoms with E-state index < -0.39 is 0 Å². The van der Waals surface area contributed by atoms with Crippen molar-refractivity contribution in [3.63, 3.8) is 0 Å². The van der Waals surface area contributed by atoms with Crippen LogP contribution in [0.5, 0.6) is 5.75 Å². The third-order valence-corrected chi connectivity index (χ3v) is 3.52. The Morgan fingerprint density at radius 3 is 2.68 bits per heavy atom. The Balaban J connectivity index is 1.76. The number of aliphatic imine (C=N–C) groups is 1. The number of anilines is 1. The number of aromatic hydroxyl groups is 1. The van der Waals surface area contributed by atoms with Crippen LogP contribution in [0.1, 0.15) is 5.56 Å². The molecule has 0 amide bonds. The summed E-state index contributed by atoms with van der Waals surface area (Å²) in [6.45, 7) is 2.64. The Labute approximate surface area is 128 Å². The maximum atomic E-state index is 14.2. The largest absolute Gasteiger partial charge is 0.508 e. The Bertz CT molecular complexity index is 682. The summed E-state index contributed by atoms with van der Waals surface area (Å²) in [7, 11) is 0. The standard InChI is InChI=1S/C17H17FN2O2/c18-16-11-14(19-12-13-2-1-3-15(21)10-13)4-5-17(16)20-6-8-22-9-7-20/h1-5,10-12,21H,6-9H2. The van der Waals surface area contributed by atoms with Gasteiger partial charge in [0.2, 0.25) is 0 Å². The first-order valence-electron chi connectivity index (χ1n) is 7.18. The smallest absolute Gasteiger partial charge is 0.148 e. The second-order valence-electron chi connectivity index (χ2n) is 5.09. The van der Waals surface area contributed by atoms with Crippen molar-refractivity contribution in [2.45, 2.75) is 0 Å². The van der Waals surface area contributed by atoms with Crippen LogP contribution < -0.4 is 4.90 Å². The van der Waals surface area contributed by atoms with E-state index in [1.165, 1.54) is 6.07 Å². The number of hydrogen-bond acceptors (Lipinski definition) is 4. The molecule has 0 unspecified atom stereocenters. The van der Waals surface area contributed by atoms with Crippen molar-refractivity contribution in [3.8, 4) is 5.75 Å². The first-order chi connectivity index (χ1) is 10.7. The quantitative estimate of drug-likeness (QED) is 0.886. The molecule has 0 spiro atoms. The van der Waals surface area contributed by atoms with E-state index in [4.69, 9.17) is 4.74 Å². The van der Waals surface area contributed by atoms with Gasteiger partial charge in [0.25, 0.3) is 0 Å². The van der Waals surface area contributed by atoms with Crippen LogP contribution in [0.15, 0.2) is 47.5 Å². The fraction of sp³-hybridized carbons (Fsp3) is 0.235. The number of hydrogen-bond donors (Lipinski definition) is 1. The zero-order valence-electron chi connectivity index (χ0n) is 12.1. The molecule has 1 heterocycles. The van der Waals surface area contributed by atoms with E-state index in [9.17, 15) is 9.50 Å². The van der Waals surface area contributed by atoms with Crippen molar-refractivity contribution >= 4 is 17.6 Å². The summed E-state index contributed by atoms with van der Waals surface area (Å²) in [4.78, 5) is 6.22. The van der Waals surface area contributed by atoms with Crippen LogP contribution in [0.25, 0.3) is 0 Å². The zero-order chi connectivity index (χ0) is 15.4. The van der Waals surface area contributed by atoms with Gasteiger partial charge in [-0.2, -0.15) is 0 Å². The second kappa shape index (κ2) is 6.58. The average Bonchev–Trinajstić information content (AvgIpc) is 2.54. The summed E-state index contributed by atoms with van der Waals surface area (Å²) >= 11 is 0. The van der Waals surface area contributed by atoms with E-state index >= 15 is 0 Å². The lowest BCUT2D eigenvalue weighted by molar-refractivity contribution is 0.122. The summed E-state index contributed by atoms with van der Waals surface area (Å²) in [5.74, 6) is -0.106. The minimum absolute atomic E-state index is 0.179. The molecule has 2 aromatic rings. The van der Waals surface area contributed by atoms with Gasteiger partial charge < -0.3 is 14.7 Å². The third-order valence-electron chi connectivity index (χ3n) is 3.52. The lowest BCUT2D eigenvalue weighted by atomic mass is 10.2.